The Hall–Kier alpha value is -4.62. The lowest BCUT2D eigenvalue weighted by Gasteiger charge is -2.44. The molecule has 1 aromatic carbocycles. The average molecular weight is 892 g/mol. The van der Waals surface area contributed by atoms with Gasteiger partial charge in [-0.1, -0.05) is 34.9 Å². The number of imide groups is 2. The number of hydrogen-bond acceptors (Lipinski definition) is 10. The van der Waals surface area contributed by atoms with Crippen LogP contribution in [0.15, 0.2) is 52.5 Å². The lowest BCUT2D eigenvalue weighted by atomic mass is 9.57. The Balaban J connectivity index is 1.32. The third kappa shape index (κ3) is 6.21. The van der Waals surface area contributed by atoms with Crippen molar-refractivity contribution in [2.75, 3.05) is 31.2 Å². The summed E-state index contributed by atoms with van der Waals surface area (Å²) in [4.78, 5) is 64.5. The fraction of sp³-hybridized carbons (Fsp3) is 0.371. The maximum Gasteiger partial charge on any atom is 0.433 e. The topological polar surface area (TPSA) is 136 Å². The van der Waals surface area contributed by atoms with Crippen LogP contribution in [0, 0.1) is 29.6 Å². The van der Waals surface area contributed by atoms with E-state index in [4.69, 9.17) is 27.9 Å². The summed E-state index contributed by atoms with van der Waals surface area (Å²) in [5.74, 6) is -11.2. The molecule has 7 rings (SSSR count). The van der Waals surface area contributed by atoms with Crippen molar-refractivity contribution in [3.05, 3.63) is 79.5 Å². The minimum atomic E-state index is -4.89. The molecular weight excluding hydrogens is 865 g/mol. The Bertz CT molecular complexity index is 2240. The average Bonchev–Trinajstić information content (AvgIpc) is 3.54. The fourth-order valence-electron chi connectivity index (χ4n) is 8.27. The molecule has 0 radical (unpaired) electrons. The largest absolute Gasteiger partial charge is 0.503 e. The number of pyridine rings is 2. The first-order valence-corrected chi connectivity index (χ1v) is 18.2. The van der Waals surface area contributed by atoms with E-state index in [9.17, 15) is 50.6 Å². The molecule has 4 amide bonds. The highest BCUT2D eigenvalue weighted by Crippen LogP contribution is 2.59. The van der Waals surface area contributed by atoms with E-state index in [0.29, 0.717) is 33.3 Å². The van der Waals surface area contributed by atoms with E-state index < -0.39 is 94.5 Å². The number of amides is 4. The Kier molecular flexibility index (Phi) is 9.75. The van der Waals surface area contributed by atoms with Crippen LogP contribution in [-0.4, -0.2) is 69.9 Å². The molecule has 0 bridgehead atoms. The summed E-state index contributed by atoms with van der Waals surface area (Å²) >= 11 is 15.8. The summed E-state index contributed by atoms with van der Waals surface area (Å²) in [6.45, 7) is 0. The van der Waals surface area contributed by atoms with E-state index in [1.807, 2.05) is 0 Å². The van der Waals surface area contributed by atoms with Crippen LogP contribution >= 0.6 is 39.1 Å². The molecule has 296 valence electrons. The number of alkyl halides is 6. The van der Waals surface area contributed by atoms with E-state index >= 15 is 0 Å². The number of methoxy groups -OCH3 is 1. The van der Waals surface area contributed by atoms with Crippen LogP contribution in [0.2, 0.25) is 10.0 Å². The molecule has 4 heterocycles. The maximum atomic E-state index is 14.5. The lowest BCUT2D eigenvalue weighted by molar-refractivity contribution is -0.143. The van der Waals surface area contributed by atoms with Gasteiger partial charge in [0, 0.05) is 20.0 Å². The van der Waals surface area contributed by atoms with Gasteiger partial charge in [0.15, 0.2) is 23.1 Å². The van der Waals surface area contributed by atoms with Gasteiger partial charge < -0.3 is 9.84 Å². The Morgan fingerprint density at radius 3 is 1.79 bits per heavy atom. The third-order valence-corrected chi connectivity index (χ3v) is 11.9. The summed E-state index contributed by atoms with van der Waals surface area (Å²) in [5.41, 5.74) is -1.82. The van der Waals surface area contributed by atoms with Gasteiger partial charge in [-0.15, -0.1) is 0 Å². The number of halogens is 9. The number of benzene rings is 1. The summed E-state index contributed by atoms with van der Waals surface area (Å²) in [6, 6.07) is 6.09. The summed E-state index contributed by atoms with van der Waals surface area (Å²) in [6.07, 6.45) is -8.31. The summed E-state index contributed by atoms with van der Waals surface area (Å²) in [7, 11) is 3.60. The molecular formula is C35H27BrCl2F6N6O6. The van der Waals surface area contributed by atoms with Crippen molar-refractivity contribution in [1.29, 1.82) is 0 Å². The smallest absolute Gasteiger partial charge is 0.433 e. The highest BCUT2D eigenvalue weighted by molar-refractivity contribution is 9.10. The van der Waals surface area contributed by atoms with Crippen molar-refractivity contribution in [1.82, 2.24) is 20.0 Å². The van der Waals surface area contributed by atoms with Crippen molar-refractivity contribution in [3.8, 4) is 11.5 Å². The minimum Gasteiger partial charge on any atom is -0.503 e. The van der Waals surface area contributed by atoms with Crippen LogP contribution in [0.1, 0.15) is 35.7 Å². The number of carbonyl (C=O) groups is 4. The normalized spacial score (nSPS) is 24.9. The molecule has 6 atom stereocenters. The molecule has 12 nitrogen and oxygen atoms in total. The van der Waals surface area contributed by atoms with Crippen molar-refractivity contribution < 1.29 is 55.4 Å². The zero-order chi connectivity index (χ0) is 40.9. The standard InChI is InChI=1S/C35H27BrCl2F6N6O6/c1-47(28-19(37)6-8-22(45-28)34(39,40)41)49-30(52)15-5-4-14-16(25(15)32(49)54)12-17-26(24(14)13-10-18(36)27(51)21(11-13)56-3)33(55)50(31(17)53)48(2)29-20(38)7-9-23(46-29)35(42,43)44/h4,6-11,15-17,24-26,51H,5,12H2,1-3H3. The number of nitrogens with zero attached hydrogens (tertiary/aromatic N) is 6. The quantitative estimate of drug-likeness (QED) is 0.156. The predicted molar refractivity (Wildman–Crippen MR) is 189 cm³/mol. The number of allylic oxidation sites excluding steroid dienone is 2. The number of anilines is 2. The number of carbonyl (C=O) groups excluding carboxylic acids is 4. The van der Waals surface area contributed by atoms with E-state index in [1.54, 1.807) is 6.08 Å². The van der Waals surface area contributed by atoms with Crippen LogP contribution in [0.5, 0.6) is 11.5 Å². The van der Waals surface area contributed by atoms with E-state index in [1.165, 1.54) is 19.2 Å². The molecule has 0 spiro atoms. The van der Waals surface area contributed by atoms with Gasteiger partial charge in [-0.05, 0) is 76.7 Å². The molecule has 21 heteroatoms. The number of hydrogen-bond donors (Lipinski definition) is 1. The first-order valence-electron chi connectivity index (χ1n) is 16.6. The van der Waals surface area contributed by atoms with Gasteiger partial charge >= 0.3 is 12.4 Å². The molecule has 3 aromatic rings. The highest BCUT2D eigenvalue weighted by atomic mass is 79.9. The van der Waals surface area contributed by atoms with E-state index in [0.717, 1.165) is 36.2 Å². The zero-order valence-corrected chi connectivity index (χ0v) is 32.1. The van der Waals surface area contributed by atoms with Gasteiger partial charge in [0.05, 0.1) is 45.3 Å². The molecule has 1 saturated carbocycles. The molecule has 1 N–H and O–H groups in total. The Labute approximate surface area is 331 Å². The predicted octanol–water partition coefficient (Wildman–Crippen LogP) is 7.04. The number of aromatic hydroxyl groups is 1. The van der Waals surface area contributed by atoms with Crippen LogP contribution in [0.4, 0.5) is 38.0 Å². The number of ether oxygens (including phenoxy) is 1. The van der Waals surface area contributed by atoms with Crippen molar-refractivity contribution >= 4 is 74.4 Å². The first-order chi connectivity index (χ1) is 26.2. The molecule has 6 unspecified atom stereocenters. The second-order valence-electron chi connectivity index (χ2n) is 13.6. The van der Waals surface area contributed by atoms with Crippen LogP contribution in [-0.2, 0) is 31.5 Å². The number of aromatic nitrogens is 2. The molecule has 3 fully saturated rings. The van der Waals surface area contributed by atoms with Crippen LogP contribution in [0.25, 0.3) is 0 Å². The van der Waals surface area contributed by atoms with E-state index in [-0.39, 0.29) is 38.9 Å². The van der Waals surface area contributed by atoms with Crippen LogP contribution < -0.4 is 14.8 Å². The number of phenols is 1. The first kappa shape index (κ1) is 39.6. The Morgan fingerprint density at radius 1 is 0.786 bits per heavy atom. The second kappa shape index (κ2) is 13.8. The number of rotatable bonds is 6. The number of fused-ring (bicyclic) bond motifs is 4. The molecule has 2 aliphatic carbocycles. The van der Waals surface area contributed by atoms with Gasteiger partial charge in [0.25, 0.3) is 23.6 Å². The number of phenolic OH excluding ortho intramolecular Hbond substituents is 1. The fourth-order valence-corrected chi connectivity index (χ4v) is 9.19. The zero-order valence-electron chi connectivity index (χ0n) is 29.0. The molecule has 2 aliphatic heterocycles. The minimum absolute atomic E-state index is 0.0154. The molecule has 2 saturated heterocycles. The molecule has 4 aliphatic rings. The maximum absolute atomic E-state index is 14.5. The van der Waals surface area contributed by atoms with Gasteiger partial charge in [-0.3, -0.25) is 29.2 Å². The van der Waals surface area contributed by atoms with Crippen LogP contribution in [0.3, 0.4) is 0 Å². The van der Waals surface area contributed by atoms with Crippen molar-refractivity contribution in [2.24, 2.45) is 29.6 Å². The van der Waals surface area contributed by atoms with Gasteiger partial charge in [-0.25, -0.2) is 9.97 Å². The molecule has 2 aromatic heterocycles. The van der Waals surface area contributed by atoms with Crippen molar-refractivity contribution in [2.45, 2.75) is 31.1 Å². The lowest BCUT2D eigenvalue weighted by Crippen LogP contribution is -2.46. The van der Waals surface area contributed by atoms with Gasteiger partial charge in [0.1, 0.15) is 11.4 Å². The highest BCUT2D eigenvalue weighted by Gasteiger charge is 2.63. The van der Waals surface area contributed by atoms with Gasteiger partial charge in [-0.2, -0.15) is 36.4 Å². The third-order valence-electron chi connectivity index (χ3n) is 10.7. The monoisotopic (exact) mass is 890 g/mol. The SMILES string of the molecule is COc1cc(C2C3=CCC4C(=O)N(N(C)c5nc(C(F)(F)F)ccc5Cl)C(=O)C4C3CC3C(=O)N(N(C)c4nc(C(F)(F)F)ccc4Cl)C(=O)C32)cc(Br)c1O. The van der Waals surface area contributed by atoms with Crippen molar-refractivity contribution in [3.63, 3.8) is 0 Å². The van der Waals surface area contributed by atoms with Gasteiger partial charge in [0.2, 0.25) is 0 Å². The second-order valence-corrected chi connectivity index (χ2v) is 15.3. The Morgan fingerprint density at radius 2 is 1.29 bits per heavy atom. The summed E-state index contributed by atoms with van der Waals surface area (Å²) < 4.78 is 87.3. The number of hydrazine groups is 2. The summed E-state index contributed by atoms with van der Waals surface area (Å²) in [5, 5.41) is 13.1. The van der Waals surface area contributed by atoms with E-state index in [2.05, 4.69) is 25.9 Å². The molecule has 56 heavy (non-hydrogen) atoms.